The maximum atomic E-state index is 12.3. The molecule has 0 unspecified atom stereocenters. The monoisotopic (exact) mass is 272 g/mol. The maximum Gasteiger partial charge on any atom is 0.268 e. The first-order valence-electron chi connectivity index (χ1n) is 7.14. The van der Waals surface area contributed by atoms with Crippen LogP contribution in [0.1, 0.15) is 36.2 Å². The normalized spacial score (nSPS) is 17.5. The van der Waals surface area contributed by atoms with Crippen molar-refractivity contribution in [1.29, 1.82) is 0 Å². The number of benzene rings is 1. The third-order valence-electron chi connectivity index (χ3n) is 4.30. The zero-order valence-electron chi connectivity index (χ0n) is 11.7. The lowest BCUT2D eigenvalue weighted by Gasteiger charge is -2.22. The fourth-order valence-electron chi connectivity index (χ4n) is 3.05. The number of rotatable bonds is 3. The lowest BCUT2D eigenvalue weighted by Crippen LogP contribution is -2.41. The highest BCUT2D eigenvalue weighted by atomic mass is 16.3. The number of para-hydroxylation sites is 1. The van der Waals surface area contributed by atoms with Crippen LogP contribution in [0.4, 0.5) is 0 Å². The smallest absolute Gasteiger partial charge is 0.268 e. The van der Waals surface area contributed by atoms with Gasteiger partial charge >= 0.3 is 0 Å². The molecule has 3 rings (SSSR count). The van der Waals surface area contributed by atoms with Gasteiger partial charge in [0.15, 0.2) is 0 Å². The molecule has 1 saturated carbocycles. The van der Waals surface area contributed by atoms with Crippen molar-refractivity contribution in [2.75, 3.05) is 6.54 Å². The number of nitrogens with zero attached hydrogens (tertiary/aromatic N) is 1. The van der Waals surface area contributed by atoms with Crippen LogP contribution < -0.4 is 5.32 Å². The molecule has 0 spiro atoms. The molecule has 4 heteroatoms. The van der Waals surface area contributed by atoms with Crippen LogP contribution in [0.3, 0.4) is 0 Å². The first-order valence-corrected chi connectivity index (χ1v) is 7.14. The topological polar surface area (TPSA) is 54.3 Å². The molecule has 0 aliphatic heterocycles. The number of aromatic nitrogens is 1. The van der Waals surface area contributed by atoms with Gasteiger partial charge in [0.25, 0.3) is 5.91 Å². The van der Waals surface area contributed by atoms with Crippen molar-refractivity contribution < 1.29 is 9.90 Å². The zero-order valence-corrected chi connectivity index (χ0v) is 11.7. The van der Waals surface area contributed by atoms with Crippen molar-refractivity contribution in [3.8, 4) is 0 Å². The van der Waals surface area contributed by atoms with E-state index in [1.165, 1.54) is 0 Å². The molecular weight excluding hydrogens is 252 g/mol. The van der Waals surface area contributed by atoms with Crippen LogP contribution in [0.2, 0.25) is 0 Å². The van der Waals surface area contributed by atoms with E-state index in [0.29, 0.717) is 12.2 Å². The SMILES string of the molecule is Cn1c(C(=O)NCC2(O)CCCC2)cc2ccccc21. The maximum absolute atomic E-state index is 12.3. The molecule has 2 aromatic rings. The van der Waals surface area contributed by atoms with Gasteiger partial charge in [-0.15, -0.1) is 0 Å². The van der Waals surface area contributed by atoms with Gasteiger partial charge in [0, 0.05) is 24.5 Å². The van der Waals surface area contributed by atoms with E-state index in [-0.39, 0.29) is 5.91 Å². The number of amides is 1. The third-order valence-corrected chi connectivity index (χ3v) is 4.30. The number of hydrogen-bond donors (Lipinski definition) is 2. The molecule has 0 bridgehead atoms. The lowest BCUT2D eigenvalue weighted by atomic mass is 10.0. The Bertz CT molecular complexity index is 639. The van der Waals surface area contributed by atoms with Gasteiger partial charge in [0.05, 0.1) is 5.60 Å². The highest BCUT2D eigenvalue weighted by Gasteiger charge is 2.31. The molecule has 1 amide bonds. The van der Waals surface area contributed by atoms with Gasteiger partial charge in [0.1, 0.15) is 5.69 Å². The highest BCUT2D eigenvalue weighted by Crippen LogP contribution is 2.28. The van der Waals surface area contributed by atoms with Gasteiger partial charge in [-0.2, -0.15) is 0 Å². The van der Waals surface area contributed by atoms with Crippen LogP contribution in [-0.2, 0) is 7.05 Å². The molecule has 2 N–H and O–H groups in total. The van der Waals surface area contributed by atoms with E-state index in [1.54, 1.807) is 0 Å². The van der Waals surface area contributed by atoms with Crippen molar-refractivity contribution in [3.63, 3.8) is 0 Å². The molecule has 4 nitrogen and oxygen atoms in total. The average molecular weight is 272 g/mol. The molecule has 0 radical (unpaired) electrons. The Morgan fingerprint density at radius 3 is 2.75 bits per heavy atom. The summed E-state index contributed by atoms with van der Waals surface area (Å²) >= 11 is 0. The molecule has 1 aromatic carbocycles. The minimum atomic E-state index is -0.708. The van der Waals surface area contributed by atoms with Crippen molar-refractivity contribution in [3.05, 3.63) is 36.0 Å². The van der Waals surface area contributed by atoms with Crippen LogP contribution in [0.25, 0.3) is 10.9 Å². The second-order valence-corrected chi connectivity index (χ2v) is 5.76. The van der Waals surface area contributed by atoms with E-state index in [1.807, 2.05) is 41.9 Å². The number of carbonyl (C=O) groups is 1. The number of fused-ring (bicyclic) bond motifs is 1. The minimum Gasteiger partial charge on any atom is -0.388 e. The fourth-order valence-corrected chi connectivity index (χ4v) is 3.05. The van der Waals surface area contributed by atoms with E-state index in [0.717, 1.165) is 36.6 Å². The Morgan fingerprint density at radius 1 is 1.35 bits per heavy atom. The second kappa shape index (κ2) is 4.94. The van der Waals surface area contributed by atoms with Crippen LogP contribution in [0.5, 0.6) is 0 Å². The number of hydrogen-bond acceptors (Lipinski definition) is 2. The molecule has 0 saturated heterocycles. The predicted octanol–water partition coefficient (Wildman–Crippen LogP) is 2.21. The van der Waals surface area contributed by atoms with Crippen LogP contribution in [0, 0.1) is 0 Å². The Labute approximate surface area is 118 Å². The molecule has 1 aromatic heterocycles. The molecule has 1 fully saturated rings. The Hall–Kier alpha value is -1.81. The quantitative estimate of drug-likeness (QED) is 0.900. The Morgan fingerprint density at radius 2 is 2.05 bits per heavy atom. The number of aryl methyl sites for hydroxylation is 1. The van der Waals surface area contributed by atoms with Gasteiger partial charge in [0.2, 0.25) is 0 Å². The molecule has 1 aliphatic rings. The number of carbonyl (C=O) groups excluding carboxylic acids is 1. The molecule has 0 atom stereocenters. The Kier molecular flexibility index (Phi) is 3.26. The minimum absolute atomic E-state index is 0.121. The van der Waals surface area contributed by atoms with Crippen molar-refractivity contribution in [1.82, 2.24) is 9.88 Å². The summed E-state index contributed by atoms with van der Waals surface area (Å²) in [5.74, 6) is -0.121. The molecule has 1 aliphatic carbocycles. The third kappa shape index (κ3) is 2.31. The standard InChI is InChI=1S/C16H20N2O2/c1-18-13-7-3-2-6-12(13)10-14(18)15(19)17-11-16(20)8-4-5-9-16/h2-3,6-7,10,20H,4-5,8-9,11H2,1H3,(H,17,19). The Balaban J connectivity index is 1.77. The summed E-state index contributed by atoms with van der Waals surface area (Å²) in [7, 11) is 1.89. The van der Waals surface area contributed by atoms with Crippen molar-refractivity contribution in [2.45, 2.75) is 31.3 Å². The van der Waals surface area contributed by atoms with Gasteiger partial charge in [-0.1, -0.05) is 31.0 Å². The average Bonchev–Trinajstić information content (AvgIpc) is 3.02. The molecule has 106 valence electrons. The van der Waals surface area contributed by atoms with Crippen LogP contribution in [-0.4, -0.2) is 27.7 Å². The van der Waals surface area contributed by atoms with Crippen LogP contribution in [0.15, 0.2) is 30.3 Å². The van der Waals surface area contributed by atoms with E-state index in [9.17, 15) is 9.90 Å². The van der Waals surface area contributed by atoms with Crippen LogP contribution >= 0.6 is 0 Å². The predicted molar refractivity (Wildman–Crippen MR) is 78.7 cm³/mol. The summed E-state index contributed by atoms with van der Waals surface area (Å²) in [5.41, 5.74) is 0.963. The summed E-state index contributed by atoms with van der Waals surface area (Å²) in [6, 6.07) is 9.81. The summed E-state index contributed by atoms with van der Waals surface area (Å²) in [6.45, 7) is 0.341. The lowest BCUT2D eigenvalue weighted by molar-refractivity contribution is 0.0448. The zero-order chi connectivity index (χ0) is 14.2. The van der Waals surface area contributed by atoms with E-state index in [2.05, 4.69) is 5.32 Å². The van der Waals surface area contributed by atoms with E-state index >= 15 is 0 Å². The summed E-state index contributed by atoms with van der Waals surface area (Å²) < 4.78 is 1.89. The van der Waals surface area contributed by atoms with E-state index < -0.39 is 5.60 Å². The van der Waals surface area contributed by atoms with Gasteiger partial charge in [-0.25, -0.2) is 0 Å². The second-order valence-electron chi connectivity index (χ2n) is 5.76. The summed E-state index contributed by atoms with van der Waals surface area (Å²) in [5, 5.41) is 14.2. The number of nitrogens with one attached hydrogen (secondary N) is 1. The van der Waals surface area contributed by atoms with Gasteiger partial charge in [-0.05, 0) is 25.0 Å². The summed E-state index contributed by atoms with van der Waals surface area (Å²) in [4.78, 5) is 12.3. The molecular formula is C16H20N2O2. The molecule has 1 heterocycles. The molecule has 20 heavy (non-hydrogen) atoms. The van der Waals surface area contributed by atoms with Crippen molar-refractivity contribution in [2.24, 2.45) is 7.05 Å². The largest absolute Gasteiger partial charge is 0.388 e. The first kappa shape index (κ1) is 13.2. The fraction of sp³-hybridized carbons (Fsp3) is 0.438. The summed E-state index contributed by atoms with van der Waals surface area (Å²) in [6.07, 6.45) is 3.64. The highest BCUT2D eigenvalue weighted by molar-refractivity contribution is 5.98. The number of aliphatic hydroxyl groups is 1. The van der Waals surface area contributed by atoms with Gasteiger partial charge < -0.3 is 15.0 Å². The van der Waals surface area contributed by atoms with E-state index in [4.69, 9.17) is 0 Å². The van der Waals surface area contributed by atoms with Gasteiger partial charge in [-0.3, -0.25) is 4.79 Å². The first-order chi connectivity index (χ1) is 9.59. The van der Waals surface area contributed by atoms with Crippen molar-refractivity contribution >= 4 is 16.8 Å².